The second-order valence-electron chi connectivity index (χ2n) is 10.7. The van der Waals surface area contributed by atoms with E-state index in [9.17, 15) is 4.79 Å². The number of carbonyl (C=O) groups excluding carboxylic acids is 1. The molecule has 4 fully saturated rings. The molecule has 0 spiro atoms. The number of benzene rings is 3. The average molecular weight is 491 g/mol. The summed E-state index contributed by atoms with van der Waals surface area (Å²) in [4.78, 5) is 13.9. The minimum Gasteiger partial charge on any atom is -0.322 e. The van der Waals surface area contributed by atoms with E-state index in [0.717, 1.165) is 37.0 Å². The molecule has 34 heavy (non-hydrogen) atoms. The van der Waals surface area contributed by atoms with E-state index in [1.165, 1.54) is 35.2 Å². The molecule has 0 atom stereocenters. The Kier molecular flexibility index (Phi) is 6.58. The van der Waals surface area contributed by atoms with Gasteiger partial charge in [0.2, 0.25) is 5.91 Å². The fraction of sp³-hybridized carbons (Fsp3) is 0.367. The van der Waals surface area contributed by atoms with E-state index in [0.29, 0.717) is 12.2 Å². The Hall–Kier alpha value is -2.15. The summed E-state index contributed by atoms with van der Waals surface area (Å²) in [5.74, 6) is 2.66. The van der Waals surface area contributed by atoms with Crippen LogP contribution in [0.2, 0.25) is 0 Å². The Morgan fingerprint density at radius 1 is 0.676 bits per heavy atom. The van der Waals surface area contributed by atoms with Crippen LogP contribution in [0.25, 0.3) is 0 Å². The predicted octanol–water partition coefficient (Wildman–Crippen LogP) is 5.69. The third-order valence-electron chi connectivity index (χ3n) is 8.59. The van der Waals surface area contributed by atoms with Crippen molar-refractivity contribution in [1.29, 1.82) is 0 Å². The van der Waals surface area contributed by atoms with Gasteiger partial charge in [-0.2, -0.15) is 0 Å². The number of nitrogens with one attached hydrogen (secondary N) is 1. The van der Waals surface area contributed by atoms with Crippen LogP contribution in [-0.2, 0) is 4.79 Å². The highest BCUT2D eigenvalue weighted by Gasteiger charge is 2.55. The molecule has 4 bridgehead atoms. The SMILES string of the molecule is Cl.O=C(NC[P+](c1ccccc1)(c1ccccc1)c1ccccc1)C12CC3CC(CC(C3)C1)C2. The molecule has 4 aliphatic rings. The van der Waals surface area contributed by atoms with Gasteiger partial charge < -0.3 is 5.32 Å². The van der Waals surface area contributed by atoms with Gasteiger partial charge in [0.1, 0.15) is 29.5 Å². The third kappa shape index (κ3) is 4.00. The molecule has 3 aromatic carbocycles. The first-order valence-electron chi connectivity index (χ1n) is 12.5. The highest BCUT2D eigenvalue weighted by atomic mass is 35.5. The van der Waals surface area contributed by atoms with Crippen molar-refractivity contribution in [1.82, 2.24) is 5.32 Å². The lowest BCUT2D eigenvalue weighted by atomic mass is 9.49. The lowest BCUT2D eigenvalue weighted by Crippen LogP contribution is -2.54. The first-order valence-corrected chi connectivity index (χ1v) is 14.5. The molecule has 2 nitrogen and oxygen atoms in total. The molecule has 0 radical (unpaired) electrons. The summed E-state index contributed by atoms with van der Waals surface area (Å²) in [5, 5.41) is 7.57. The number of hydrogen-bond acceptors (Lipinski definition) is 1. The van der Waals surface area contributed by atoms with Gasteiger partial charge in [-0.15, -0.1) is 12.4 Å². The maximum atomic E-state index is 13.9. The van der Waals surface area contributed by atoms with E-state index in [4.69, 9.17) is 0 Å². The molecule has 176 valence electrons. The van der Waals surface area contributed by atoms with Crippen LogP contribution in [0.5, 0.6) is 0 Å². The monoisotopic (exact) mass is 490 g/mol. The molecule has 1 amide bonds. The molecule has 4 aliphatic carbocycles. The Morgan fingerprint density at radius 3 is 1.38 bits per heavy atom. The molecule has 0 saturated heterocycles. The van der Waals surface area contributed by atoms with Crippen molar-refractivity contribution in [2.75, 3.05) is 6.29 Å². The molecule has 4 saturated carbocycles. The summed E-state index contributed by atoms with van der Waals surface area (Å²) in [6.07, 6.45) is 8.10. The van der Waals surface area contributed by atoms with Crippen LogP contribution in [0.15, 0.2) is 91.0 Å². The first-order chi connectivity index (χ1) is 16.2. The highest BCUT2D eigenvalue weighted by molar-refractivity contribution is 7.95. The number of halogens is 1. The Balaban J connectivity index is 0.00000241. The van der Waals surface area contributed by atoms with E-state index in [1.54, 1.807) is 0 Å². The fourth-order valence-electron chi connectivity index (χ4n) is 7.54. The second kappa shape index (κ2) is 9.48. The third-order valence-corrected chi connectivity index (χ3v) is 12.8. The first kappa shape index (κ1) is 23.6. The summed E-state index contributed by atoms with van der Waals surface area (Å²) in [6, 6.07) is 32.6. The van der Waals surface area contributed by atoms with Crippen LogP contribution in [0.3, 0.4) is 0 Å². The van der Waals surface area contributed by atoms with Crippen LogP contribution in [-0.4, -0.2) is 12.2 Å². The fourth-order valence-corrected chi connectivity index (χ4v) is 11.4. The summed E-state index contributed by atoms with van der Waals surface area (Å²) >= 11 is 0. The molecule has 3 aromatic rings. The lowest BCUT2D eigenvalue weighted by Gasteiger charge is -2.55. The van der Waals surface area contributed by atoms with Crippen molar-refractivity contribution >= 4 is 41.5 Å². The number of rotatable bonds is 6. The number of carbonyl (C=O) groups is 1. The summed E-state index contributed by atoms with van der Waals surface area (Å²) in [7, 11) is -2.03. The predicted molar refractivity (Wildman–Crippen MR) is 146 cm³/mol. The maximum absolute atomic E-state index is 13.9. The van der Waals surface area contributed by atoms with Gasteiger partial charge in [0.05, 0.1) is 5.41 Å². The van der Waals surface area contributed by atoms with Gasteiger partial charge in [-0.25, -0.2) is 0 Å². The smallest absolute Gasteiger partial charge is 0.229 e. The van der Waals surface area contributed by atoms with Crippen LogP contribution in [0.4, 0.5) is 0 Å². The molecular weight excluding hydrogens is 457 g/mol. The van der Waals surface area contributed by atoms with Crippen molar-refractivity contribution in [2.24, 2.45) is 23.2 Å². The summed E-state index contributed by atoms with van der Waals surface area (Å²) < 4.78 is 0. The van der Waals surface area contributed by atoms with E-state index in [2.05, 4.69) is 96.3 Å². The normalized spacial score (nSPS) is 27.1. The minimum absolute atomic E-state index is 0. The molecule has 0 unspecified atom stereocenters. The van der Waals surface area contributed by atoms with Crippen LogP contribution < -0.4 is 21.2 Å². The highest BCUT2D eigenvalue weighted by Crippen LogP contribution is 2.60. The molecular formula is C30H34ClNOP+. The quantitative estimate of drug-likeness (QED) is 0.442. The van der Waals surface area contributed by atoms with E-state index >= 15 is 0 Å². The zero-order valence-corrected chi connectivity index (χ0v) is 21.3. The number of amides is 1. The van der Waals surface area contributed by atoms with Crippen molar-refractivity contribution in [2.45, 2.75) is 38.5 Å². The van der Waals surface area contributed by atoms with Gasteiger partial charge in [-0.3, -0.25) is 4.79 Å². The van der Waals surface area contributed by atoms with E-state index in [1.807, 2.05) is 0 Å². The molecule has 4 heteroatoms. The Labute approximate surface area is 210 Å². The van der Waals surface area contributed by atoms with Crippen LogP contribution in [0.1, 0.15) is 38.5 Å². The molecule has 7 rings (SSSR count). The summed E-state index contributed by atoms with van der Waals surface area (Å²) in [6.45, 7) is 0. The van der Waals surface area contributed by atoms with E-state index < -0.39 is 7.26 Å². The average Bonchev–Trinajstić information content (AvgIpc) is 2.85. The minimum atomic E-state index is -2.03. The lowest BCUT2D eigenvalue weighted by molar-refractivity contribution is -0.145. The van der Waals surface area contributed by atoms with Crippen molar-refractivity contribution in [3.05, 3.63) is 91.0 Å². The zero-order chi connectivity index (χ0) is 22.3. The van der Waals surface area contributed by atoms with Gasteiger partial charge in [0.15, 0.2) is 0 Å². The van der Waals surface area contributed by atoms with Gasteiger partial charge in [-0.05, 0) is 92.7 Å². The van der Waals surface area contributed by atoms with Gasteiger partial charge >= 0.3 is 0 Å². The standard InChI is InChI=1S/C30H32NOP.ClH/c32-29(30-19-23-16-24(20-30)18-25(17-23)21-30)31-22-33(26-10-4-1-5-11-26,27-12-6-2-7-13-27)28-14-8-3-9-15-28;/h1-15,23-25H,16-22H2;1H/p+1. The second-order valence-corrected chi connectivity index (χ2v) is 14.2. The van der Waals surface area contributed by atoms with Crippen LogP contribution >= 0.6 is 19.7 Å². The molecule has 0 aromatic heterocycles. The van der Waals surface area contributed by atoms with E-state index in [-0.39, 0.29) is 17.8 Å². The molecule has 0 aliphatic heterocycles. The van der Waals surface area contributed by atoms with Crippen LogP contribution in [0, 0.1) is 23.2 Å². The van der Waals surface area contributed by atoms with Gasteiger partial charge in [0, 0.05) is 0 Å². The Morgan fingerprint density at radius 2 is 1.03 bits per heavy atom. The maximum Gasteiger partial charge on any atom is 0.229 e. The topological polar surface area (TPSA) is 29.1 Å². The Bertz CT molecular complexity index is 986. The molecule has 0 heterocycles. The molecule has 1 N–H and O–H groups in total. The number of hydrogen-bond donors (Lipinski definition) is 1. The zero-order valence-electron chi connectivity index (χ0n) is 19.6. The van der Waals surface area contributed by atoms with Crippen molar-refractivity contribution < 1.29 is 4.79 Å². The van der Waals surface area contributed by atoms with Gasteiger partial charge in [-0.1, -0.05) is 54.6 Å². The summed E-state index contributed by atoms with van der Waals surface area (Å²) in [5.41, 5.74) is -0.117. The van der Waals surface area contributed by atoms with Crippen molar-refractivity contribution in [3.63, 3.8) is 0 Å². The van der Waals surface area contributed by atoms with Crippen molar-refractivity contribution in [3.8, 4) is 0 Å². The largest absolute Gasteiger partial charge is 0.322 e. The van der Waals surface area contributed by atoms with Gasteiger partial charge in [0.25, 0.3) is 0 Å².